The van der Waals surface area contributed by atoms with Crippen molar-refractivity contribution in [1.82, 2.24) is 20.4 Å². The average molecular weight is 550 g/mol. The number of hydrogen-bond donors (Lipinski definition) is 2. The molecule has 0 aromatic heterocycles. The molecule has 2 atom stereocenters. The fourth-order valence-corrected chi connectivity index (χ4v) is 4.09. The minimum atomic E-state index is 0. The van der Waals surface area contributed by atoms with Gasteiger partial charge in [0, 0.05) is 51.2 Å². The van der Waals surface area contributed by atoms with Crippen LogP contribution in [0.1, 0.15) is 30.9 Å². The van der Waals surface area contributed by atoms with Gasteiger partial charge in [0.25, 0.3) is 0 Å². The van der Waals surface area contributed by atoms with Gasteiger partial charge in [-0.05, 0) is 38.4 Å². The van der Waals surface area contributed by atoms with Crippen molar-refractivity contribution in [2.45, 2.75) is 32.2 Å². The summed E-state index contributed by atoms with van der Waals surface area (Å²) in [5, 5.41) is 7.05. The third kappa shape index (κ3) is 8.71. The van der Waals surface area contributed by atoms with Gasteiger partial charge in [0.1, 0.15) is 0 Å². The molecule has 6 heteroatoms. The van der Waals surface area contributed by atoms with E-state index in [4.69, 9.17) is 4.99 Å². The van der Waals surface area contributed by atoms with Crippen molar-refractivity contribution >= 4 is 29.9 Å². The van der Waals surface area contributed by atoms with Gasteiger partial charge in [-0.1, -0.05) is 60.7 Å². The van der Waals surface area contributed by atoms with Crippen LogP contribution in [-0.2, 0) is 6.42 Å². The first-order valence-corrected chi connectivity index (χ1v) is 11.7. The highest BCUT2D eigenvalue weighted by Gasteiger charge is 2.19. The van der Waals surface area contributed by atoms with Crippen LogP contribution in [0.5, 0.6) is 0 Å². The number of hydrogen-bond acceptors (Lipinski definition) is 3. The lowest BCUT2D eigenvalue weighted by Gasteiger charge is -2.35. The molecule has 2 unspecified atom stereocenters. The minimum absolute atomic E-state index is 0. The van der Waals surface area contributed by atoms with Gasteiger partial charge in [-0.15, -0.1) is 24.0 Å². The Kier molecular flexibility index (Phi) is 12.1. The van der Waals surface area contributed by atoms with Crippen LogP contribution in [0.3, 0.4) is 0 Å². The van der Waals surface area contributed by atoms with E-state index in [9.17, 15) is 0 Å². The Hall–Kier alpha value is -1.64. The third-order valence-corrected chi connectivity index (χ3v) is 6.13. The van der Waals surface area contributed by atoms with Gasteiger partial charge < -0.3 is 15.5 Å². The fraction of sp³-hybridized carbons (Fsp3) is 0.500. The Morgan fingerprint density at radius 2 is 1.56 bits per heavy atom. The summed E-state index contributed by atoms with van der Waals surface area (Å²) in [6.07, 6.45) is 1.01. The summed E-state index contributed by atoms with van der Waals surface area (Å²) in [6, 6.07) is 22.0. The van der Waals surface area contributed by atoms with Crippen molar-refractivity contribution in [2.24, 2.45) is 4.99 Å². The molecular formula is C26H40IN5. The lowest BCUT2D eigenvalue weighted by molar-refractivity contribution is 0.122. The second-order valence-electron chi connectivity index (χ2n) is 8.59. The van der Waals surface area contributed by atoms with E-state index in [0.29, 0.717) is 12.0 Å². The topological polar surface area (TPSA) is 42.9 Å². The normalized spacial score (nSPS) is 17.3. The van der Waals surface area contributed by atoms with E-state index in [2.05, 4.69) is 102 Å². The number of aliphatic imine (C=N–C) groups is 1. The molecule has 2 N–H and O–H groups in total. The average Bonchev–Trinajstić information content (AvgIpc) is 2.81. The first kappa shape index (κ1) is 26.6. The van der Waals surface area contributed by atoms with Crippen molar-refractivity contribution in [2.75, 3.05) is 52.9 Å². The van der Waals surface area contributed by atoms with Crippen molar-refractivity contribution in [3.63, 3.8) is 0 Å². The summed E-state index contributed by atoms with van der Waals surface area (Å²) < 4.78 is 0. The molecule has 0 radical (unpaired) electrons. The lowest BCUT2D eigenvalue weighted by Crippen LogP contribution is -2.49. The molecule has 3 rings (SSSR count). The van der Waals surface area contributed by atoms with Gasteiger partial charge in [0.15, 0.2) is 5.96 Å². The van der Waals surface area contributed by atoms with Crippen LogP contribution in [0, 0.1) is 0 Å². The molecule has 176 valence electrons. The second-order valence-corrected chi connectivity index (χ2v) is 8.59. The van der Waals surface area contributed by atoms with Crippen LogP contribution in [0.4, 0.5) is 0 Å². The first-order valence-electron chi connectivity index (χ1n) is 11.7. The number of halogens is 1. The molecule has 1 fully saturated rings. The van der Waals surface area contributed by atoms with Crippen LogP contribution in [0.25, 0.3) is 0 Å². The van der Waals surface area contributed by atoms with Gasteiger partial charge in [0.05, 0.1) is 6.54 Å². The zero-order chi connectivity index (χ0) is 21.9. The maximum Gasteiger partial charge on any atom is 0.191 e. The van der Waals surface area contributed by atoms with Crippen molar-refractivity contribution in [1.29, 1.82) is 0 Å². The molecular weight excluding hydrogens is 509 g/mol. The Labute approximate surface area is 211 Å². The standard InChI is InChI=1S/C26H39N5.HI/c1-4-27-26(28-20-22(2)31-17-15-30(3)16-18-31)29-21-25(24-13-9-6-10-14-24)19-23-11-7-5-8-12-23;/h5-14,22,25H,4,15-21H2,1-3H3,(H2,27,28,29);1H. The van der Waals surface area contributed by atoms with Crippen LogP contribution < -0.4 is 10.6 Å². The molecule has 1 aliphatic heterocycles. The van der Waals surface area contributed by atoms with E-state index in [-0.39, 0.29) is 24.0 Å². The summed E-state index contributed by atoms with van der Waals surface area (Å²) in [7, 11) is 2.20. The largest absolute Gasteiger partial charge is 0.357 e. The number of rotatable bonds is 9. The maximum atomic E-state index is 4.92. The molecule has 1 heterocycles. The quantitative estimate of drug-likeness (QED) is 0.284. The van der Waals surface area contributed by atoms with Gasteiger partial charge in [0.2, 0.25) is 0 Å². The molecule has 5 nitrogen and oxygen atoms in total. The molecule has 1 saturated heterocycles. The monoisotopic (exact) mass is 549 g/mol. The molecule has 2 aromatic rings. The van der Waals surface area contributed by atoms with Gasteiger partial charge >= 0.3 is 0 Å². The first-order chi connectivity index (χ1) is 15.2. The van der Waals surface area contributed by atoms with Crippen molar-refractivity contribution in [3.8, 4) is 0 Å². The Morgan fingerprint density at radius 1 is 0.938 bits per heavy atom. The number of likely N-dealkylation sites (N-methyl/N-ethyl adjacent to an activating group) is 1. The predicted molar refractivity (Wildman–Crippen MR) is 147 cm³/mol. The predicted octanol–water partition coefficient (Wildman–Crippen LogP) is 3.82. The number of guanidine groups is 1. The molecule has 0 aliphatic carbocycles. The molecule has 32 heavy (non-hydrogen) atoms. The summed E-state index contributed by atoms with van der Waals surface area (Å²) in [6.45, 7) is 11.5. The Balaban J connectivity index is 0.00000363. The Morgan fingerprint density at radius 3 is 2.19 bits per heavy atom. The minimum Gasteiger partial charge on any atom is -0.357 e. The molecule has 0 bridgehead atoms. The zero-order valence-electron chi connectivity index (χ0n) is 19.8. The summed E-state index contributed by atoms with van der Waals surface area (Å²) >= 11 is 0. The summed E-state index contributed by atoms with van der Waals surface area (Å²) in [5.74, 6) is 1.31. The molecule has 0 amide bonds. The highest BCUT2D eigenvalue weighted by Crippen LogP contribution is 2.20. The van der Waals surface area contributed by atoms with E-state index in [0.717, 1.165) is 58.2 Å². The number of nitrogens with one attached hydrogen (secondary N) is 2. The number of piperazine rings is 1. The van der Waals surface area contributed by atoms with E-state index in [1.165, 1.54) is 11.1 Å². The van der Waals surface area contributed by atoms with Gasteiger partial charge in [-0.3, -0.25) is 9.89 Å². The molecule has 0 spiro atoms. The fourth-order valence-electron chi connectivity index (χ4n) is 4.09. The zero-order valence-corrected chi connectivity index (χ0v) is 22.2. The maximum absolute atomic E-state index is 4.92. The molecule has 0 saturated carbocycles. The van der Waals surface area contributed by atoms with Crippen LogP contribution in [0.2, 0.25) is 0 Å². The SMILES string of the molecule is CCNC(=NCC(C)N1CCN(C)CC1)NCC(Cc1ccccc1)c1ccccc1.I. The van der Waals surface area contributed by atoms with E-state index in [1.54, 1.807) is 0 Å². The van der Waals surface area contributed by atoms with Crippen molar-refractivity contribution in [3.05, 3.63) is 71.8 Å². The van der Waals surface area contributed by atoms with Gasteiger partial charge in [-0.2, -0.15) is 0 Å². The van der Waals surface area contributed by atoms with Crippen LogP contribution >= 0.6 is 24.0 Å². The Bertz CT molecular complexity index is 775. The molecule has 1 aliphatic rings. The van der Waals surface area contributed by atoms with E-state index >= 15 is 0 Å². The lowest BCUT2D eigenvalue weighted by atomic mass is 9.92. The number of nitrogens with zero attached hydrogens (tertiary/aromatic N) is 3. The molecule has 2 aromatic carbocycles. The van der Waals surface area contributed by atoms with Crippen LogP contribution in [0.15, 0.2) is 65.7 Å². The van der Waals surface area contributed by atoms with Crippen molar-refractivity contribution < 1.29 is 0 Å². The van der Waals surface area contributed by atoms with Crippen LogP contribution in [-0.4, -0.2) is 74.7 Å². The van der Waals surface area contributed by atoms with E-state index < -0.39 is 0 Å². The van der Waals surface area contributed by atoms with E-state index in [1.807, 2.05) is 0 Å². The third-order valence-electron chi connectivity index (χ3n) is 6.13. The number of benzene rings is 2. The van der Waals surface area contributed by atoms with Gasteiger partial charge in [-0.25, -0.2) is 0 Å². The summed E-state index contributed by atoms with van der Waals surface area (Å²) in [4.78, 5) is 9.87. The highest BCUT2D eigenvalue weighted by atomic mass is 127. The smallest absolute Gasteiger partial charge is 0.191 e. The second kappa shape index (κ2) is 14.5. The summed E-state index contributed by atoms with van der Waals surface area (Å²) in [5.41, 5.74) is 2.73. The highest BCUT2D eigenvalue weighted by molar-refractivity contribution is 14.0.